The average Bonchev–Trinajstić information content (AvgIpc) is 2.76. The molecule has 0 bridgehead atoms. The number of rotatable bonds is 5. The van der Waals surface area contributed by atoms with Gasteiger partial charge in [-0.1, -0.05) is 67.6 Å². The predicted molar refractivity (Wildman–Crippen MR) is 126 cm³/mol. The number of halogens is 3. The highest BCUT2D eigenvalue weighted by molar-refractivity contribution is 7.07. The van der Waals surface area contributed by atoms with Crippen LogP contribution in [-0.4, -0.2) is 8.11 Å². The first-order valence-electron chi connectivity index (χ1n) is 11.3. The number of hydrogen-bond acceptors (Lipinski definition) is 0. The second-order valence-corrected chi connectivity index (χ2v) is 13.8. The minimum Gasteiger partial charge on any atom is -0.205 e. The van der Waals surface area contributed by atoms with Crippen molar-refractivity contribution in [1.29, 1.82) is 0 Å². The van der Waals surface area contributed by atoms with Crippen molar-refractivity contribution < 1.29 is 4.39 Å². The standard InChI is InChI=1S/C25H31Cl2FSi/c26-24-12-11-23(17-25(24)28)22-9-7-21(8-10-22)20-5-3-18(4-6-20)1-2-19-13-15-29(27)16-14-19/h7-12,17-20,29H,1-6,13-16H2/t18?,19-,20?,29-. The predicted octanol–water partition coefficient (Wildman–Crippen LogP) is 8.57. The Balaban J connectivity index is 1.27. The molecular weight excluding hydrogens is 418 g/mol. The Hall–Kier alpha value is -0.833. The molecule has 1 saturated heterocycles. The third kappa shape index (κ3) is 5.65. The summed E-state index contributed by atoms with van der Waals surface area (Å²) in [6.07, 6.45) is 11.0. The molecule has 1 saturated carbocycles. The van der Waals surface area contributed by atoms with Crippen LogP contribution in [0.1, 0.15) is 62.8 Å². The van der Waals surface area contributed by atoms with Crippen molar-refractivity contribution in [3.05, 3.63) is 58.9 Å². The lowest BCUT2D eigenvalue weighted by Crippen LogP contribution is -2.18. The highest BCUT2D eigenvalue weighted by Crippen LogP contribution is 2.40. The van der Waals surface area contributed by atoms with Gasteiger partial charge in [0.1, 0.15) is 13.9 Å². The Morgan fingerprint density at radius 1 is 0.793 bits per heavy atom. The second-order valence-electron chi connectivity index (χ2n) is 9.16. The van der Waals surface area contributed by atoms with Crippen molar-refractivity contribution in [2.75, 3.05) is 0 Å². The first-order valence-corrected chi connectivity index (χ1v) is 15.0. The Bertz CT molecular complexity index is 791. The van der Waals surface area contributed by atoms with E-state index in [9.17, 15) is 4.39 Å². The van der Waals surface area contributed by atoms with Crippen LogP contribution in [0.4, 0.5) is 4.39 Å². The van der Waals surface area contributed by atoms with E-state index < -0.39 is 8.11 Å². The van der Waals surface area contributed by atoms with Gasteiger partial charge in [0.15, 0.2) is 0 Å². The summed E-state index contributed by atoms with van der Waals surface area (Å²) in [6.45, 7) is 0. The van der Waals surface area contributed by atoms with Gasteiger partial charge in [-0.25, -0.2) is 4.39 Å². The third-order valence-corrected chi connectivity index (χ3v) is 10.8. The van der Waals surface area contributed by atoms with Crippen LogP contribution in [0.15, 0.2) is 42.5 Å². The van der Waals surface area contributed by atoms with Crippen LogP contribution >= 0.6 is 22.7 Å². The minimum atomic E-state index is -0.817. The molecule has 1 heterocycles. The van der Waals surface area contributed by atoms with E-state index in [4.69, 9.17) is 22.7 Å². The lowest BCUT2D eigenvalue weighted by molar-refractivity contribution is 0.280. The van der Waals surface area contributed by atoms with Crippen LogP contribution in [0.5, 0.6) is 0 Å². The molecule has 2 aromatic rings. The summed E-state index contributed by atoms with van der Waals surface area (Å²) in [5.41, 5.74) is 3.37. The highest BCUT2D eigenvalue weighted by Gasteiger charge is 2.25. The van der Waals surface area contributed by atoms with Crippen LogP contribution < -0.4 is 0 Å². The van der Waals surface area contributed by atoms with Crippen molar-refractivity contribution in [3.63, 3.8) is 0 Å². The molecule has 4 heteroatoms. The van der Waals surface area contributed by atoms with Crippen LogP contribution in [0.3, 0.4) is 0 Å². The van der Waals surface area contributed by atoms with E-state index in [0.717, 1.165) is 23.0 Å². The van der Waals surface area contributed by atoms with Crippen molar-refractivity contribution in [3.8, 4) is 11.1 Å². The maximum Gasteiger partial charge on any atom is 0.142 e. The average molecular weight is 450 g/mol. The van der Waals surface area contributed by atoms with E-state index in [1.807, 2.05) is 6.07 Å². The largest absolute Gasteiger partial charge is 0.205 e. The Morgan fingerprint density at radius 2 is 1.38 bits per heavy atom. The minimum absolute atomic E-state index is 0.177. The molecule has 0 radical (unpaired) electrons. The van der Waals surface area contributed by atoms with Gasteiger partial charge in [0.25, 0.3) is 0 Å². The van der Waals surface area contributed by atoms with Crippen molar-refractivity contribution >= 4 is 30.8 Å². The summed E-state index contributed by atoms with van der Waals surface area (Å²) in [6, 6.07) is 16.5. The van der Waals surface area contributed by atoms with Gasteiger partial charge in [0, 0.05) is 0 Å². The van der Waals surface area contributed by atoms with Gasteiger partial charge < -0.3 is 0 Å². The molecule has 0 amide bonds. The molecule has 0 atom stereocenters. The van der Waals surface area contributed by atoms with Crippen molar-refractivity contribution in [2.24, 2.45) is 11.8 Å². The van der Waals surface area contributed by atoms with E-state index >= 15 is 0 Å². The molecule has 4 rings (SSSR count). The maximum absolute atomic E-state index is 13.7. The van der Waals surface area contributed by atoms with Crippen molar-refractivity contribution in [1.82, 2.24) is 0 Å². The maximum atomic E-state index is 13.7. The Morgan fingerprint density at radius 3 is 2.00 bits per heavy atom. The molecular formula is C25H31Cl2FSi. The van der Waals surface area contributed by atoms with E-state index in [1.54, 1.807) is 6.07 Å². The summed E-state index contributed by atoms with van der Waals surface area (Å²) < 4.78 is 13.7. The number of benzene rings is 2. The summed E-state index contributed by atoms with van der Waals surface area (Å²) >= 11 is 12.2. The summed E-state index contributed by atoms with van der Waals surface area (Å²) in [7, 11) is -0.817. The first kappa shape index (κ1) is 21.4. The summed E-state index contributed by atoms with van der Waals surface area (Å²) in [4.78, 5) is 0. The lowest BCUT2D eigenvalue weighted by atomic mass is 9.76. The molecule has 29 heavy (non-hydrogen) atoms. The molecule has 0 aromatic heterocycles. The molecule has 156 valence electrons. The van der Waals surface area contributed by atoms with Crippen LogP contribution in [-0.2, 0) is 0 Å². The van der Waals surface area contributed by atoms with Gasteiger partial charge in [-0.15, -0.1) is 0 Å². The fourth-order valence-electron chi connectivity index (χ4n) is 5.29. The highest BCUT2D eigenvalue weighted by atomic mass is 35.6. The molecule has 2 aromatic carbocycles. The monoisotopic (exact) mass is 448 g/mol. The first-order chi connectivity index (χ1) is 14.1. The molecule has 1 aliphatic carbocycles. The third-order valence-electron chi connectivity index (χ3n) is 7.24. The molecule has 1 aliphatic heterocycles. The molecule has 0 spiro atoms. The summed E-state index contributed by atoms with van der Waals surface area (Å²) in [5, 5.41) is 0.177. The number of hydrogen-bond donors (Lipinski definition) is 0. The fourth-order valence-corrected chi connectivity index (χ4v) is 8.12. The normalized spacial score (nSPS) is 27.7. The van der Waals surface area contributed by atoms with E-state index in [0.29, 0.717) is 5.92 Å². The van der Waals surface area contributed by atoms with Gasteiger partial charge in [0.05, 0.1) is 5.02 Å². The zero-order valence-corrected chi connectivity index (χ0v) is 19.7. The summed E-state index contributed by atoms with van der Waals surface area (Å²) in [5.74, 6) is 2.21. The Labute approximate surface area is 186 Å². The van der Waals surface area contributed by atoms with Gasteiger partial charge >= 0.3 is 0 Å². The van der Waals surface area contributed by atoms with Crippen LogP contribution in [0.25, 0.3) is 11.1 Å². The zero-order chi connectivity index (χ0) is 20.2. The molecule has 0 N–H and O–H groups in total. The molecule has 0 unspecified atom stereocenters. The molecule has 0 nitrogen and oxygen atoms in total. The SMILES string of the molecule is Fc1cc(-c2ccc(C3CCC(CC[C@H]4CC[Si@H](Cl)CC4)CC3)cc2)ccc1Cl. The van der Waals surface area contributed by atoms with E-state index in [2.05, 4.69) is 24.3 Å². The van der Waals surface area contributed by atoms with Gasteiger partial charge in [-0.2, -0.15) is 11.1 Å². The lowest BCUT2D eigenvalue weighted by Gasteiger charge is -2.31. The van der Waals surface area contributed by atoms with Crippen molar-refractivity contribution in [2.45, 2.75) is 69.4 Å². The quantitative estimate of drug-likeness (QED) is 0.317. The van der Waals surface area contributed by atoms with E-state index in [1.165, 1.54) is 75.1 Å². The smallest absolute Gasteiger partial charge is 0.142 e. The fraction of sp³-hybridized carbons (Fsp3) is 0.520. The topological polar surface area (TPSA) is 0 Å². The van der Waals surface area contributed by atoms with Gasteiger partial charge in [0.2, 0.25) is 0 Å². The van der Waals surface area contributed by atoms with Crippen LogP contribution in [0.2, 0.25) is 17.1 Å². The van der Waals surface area contributed by atoms with Crippen LogP contribution in [0, 0.1) is 17.7 Å². The van der Waals surface area contributed by atoms with Gasteiger partial charge in [-0.05, 0) is 84.3 Å². The van der Waals surface area contributed by atoms with Gasteiger partial charge in [-0.3, -0.25) is 0 Å². The zero-order valence-electron chi connectivity index (χ0n) is 17.1. The Kier molecular flexibility index (Phi) is 7.37. The second kappa shape index (κ2) is 9.98. The molecule has 2 aliphatic rings. The molecule has 2 fully saturated rings. The van der Waals surface area contributed by atoms with E-state index in [-0.39, 0.29) is 10.8 Å².